The van der Waals surface area contributed by atoms with E-state index in [-0.39, 0.29) is 6.10 Å². The average molecular weight is 360 g/mol. The average Bonchev–Trinajstić information content (AvgIpc) is 3.31. The molecule has 3 heterocycles. The van der Waals surface area contributed by atoms with Crippen LogP contribution in [0.15, 0.2) is 16.7 Å². The zero-order valence-electron chi connectivity index (χ0n) is 16.0. The van der Waals surface area contributed by atoms with Gasteiger partial charge in [0.1, 0.15) is 12.4 Å². The number of unbranched alkanes of at least 4 members (excludes halogenated alkanes) is 7. The van der Waals surface area contributed by atoms with Crippen molar-refractivity contribution in [2.75, 3.05) is 13.2 Å². The van der Waals surface area contributed by atoms with Crippen LogP contribution in [0.1, 0.15) is 76.9 Å². The van der Waals surface area contributed by atoms with E-state index in [4.69, 9.17) is 13.9 Å². The summed E-state index contributed by atoms with van der Waals surface area (Å²) < 4.78 is 17.1. The maximum atomic E-state index is 5.88. The van der Waals surface area contributed by atoms with Gasteiger partial charge in [0.2, 0.25) is 5.71 Å². The van der Waals surface area contributed by atoms with Gasteiger partial charge in [0.15, 0.2) is 0 Å². The fourth-order valence-corrected chi connectivity index (χ4v) is 3.44. The zero-order valence-corrected chi connectivity index (χ0v) is 16.0. The summed E-state index contributed by atoms with van der Waals surface area (Å²) in [4.78, 5) is 8.67. The lowest BCUT2D eigenvalue weighted by Gasteiger charge is -2.09. The first-order chi connectivity index (χ1) is 12.8. The minimum Gasteiger partial charge on any atom is -0.461 e. The Morgan fingerprint density at radius 1 is 1.12 bits per heavy atom. The van der Waals surface area contributed by atoms with Crippen LogP contribution in [0.25, 0.3) is 11.1 Å². The van der Waals surface area contributed by atoms with Crippen molar-refractivity contribution >= 4 is 11.1 Å². The third kappa shape index (κ3) is 5.97. The van der Waals surface area contributed by atoms with E-state index in [2.05, 4.69) is 23.0 Å². The number of fused-ring (bicyclic) bond motifs is 1. The van der Waals surface area contributed by atoms with Gasteiger partial charge in [-0.3, -0.25) is 0 Å². The van der Waals surface area contributed by atoms with E-state index in [0.29, 0.717) is 18.3 Å². The van der Waals surface area contributed by atoms with Crippen molar-refractivity contribution in [3.05, 3.63) is 18.0 Å². The Kier molecular flexibility index (Phi) is 7.74. The summed E-state index contributed by atoms with van der Waals surface area (Å²) in [5.41, 5.74) is 0.622. The van der Waals surface area contributed by atoms with Gasteiger partial charge in [-0.25, -0.2) is 4.98 Å². The largest absolute Gasteiger partial charge is 0.461 e. The predicted octanol–water partition coefficient (Wildman–Crippen LogP) is 5.46. The molecule has 26 heavy (non-hydrogen) atoms. The van der Waals surface area contributed by atoms with Crippen molar-refractivity contribution < 1.29 is 13.9 Å². The zero-order chi connectivity index (χ0) is 18.0. The molecule has 0 saturated carbocycles. The minimum atomic E-state index is 0.170. The standard InChI is InChI=1S/C21H32N2O3/c1-2-3-4-5-6-7-8-9-11-18-14-17-15-22-21(23-20(17)26-18)25-16-19-12-10-13-24-19/h14-15,19H,2-13,16H2,1H3. The molecule has 144 valence electrons. The SMILES string of the molecule is CCCCCCCCCCc1cc2cnc(OCC3CCCO3)nc2o1. The number of aromatic nitrogens is 2. The Labute approximate surface area is 156 Å². The van der Waals surface area contributed by atoms with Crippen LogP contribution >= 0.6 is 0 Å². The van der Waals surface area contributed by atoms with E-state index < -0.39 is 0 Å². The van der Waals surface area contributed by atoms with E-state index in [1.807, 2.05) is 0 Å². The van der Waals surface area contributed by atoms with E-state index in [0.717, 1.165) is 37.0 Å². The van der Waals surface area contributed by atoms with Crippen LogP contribution in [0.2, 0.25) is 0 Å². The molecule has 0 radical (unpaired) electrons. The molecule has 0 N–H and O–H groups in total. The second-order valence-corrected chi connectivity index (χ2v) is 7.30. The quantitative estimate of drug-likeness (QED) is 0.470. The molecule has 1 unspecified atom stereocenters. The molecule has 5 nitrogen and oxygen atoms in total. The summed E-state index contributed by atoms with van der Waals surface area (Å²) in [6.07, 6.45) is 15.7. The topological polar surface area (TPSA) is 57.4 Å². The van der Waals surface area contributed by atoms with Crippen LogP contribution < -0.4 is 4.74 Å². The van der Waals surface area contributed by atoms with E-state index >= 15 is 0 Å². The predicted molar refractivity (Wildman–Crippen MR) is 103 cm³/mol. The monoisotopic (exact) mass is 360 g/mol. The molecular weight excluding hydrogens is 328 g/mol. The molecule has 1 aliphatic heterocycles. The van der Waals surface area contributed by atoms with Gasteiger partial charge in [-0.15, -0.1) is 0 Å². The molecular formula is C21H32N2O3. The highest BCUT2D eigenvalue weighted by molar-refractivity contribution is 5.73. The summed E-state index contributed by atoms with van der Waals surface area (Å²) in [5.74, 6) is 0.997. The highest BCUT2D eigenvalue weighted by atomic mass is 16.5. The van der Waals surface area contributed by atoms with Crippen LogP contribution in [-0.4, -0.2) is 29.3 Å². The number of rotatable bonds is 12. The second kappa shape index (κ2) is 10.5. The molecule has 2 aromatic heterocycles. The Balaban J connectivity index is 1.39. The number of hydrogen-bond acceptors (Lipinski definition) is 5. The smallest absolute Gasteiger partial charge is 0.319 e. The van der Waals surface area contributed by atoms with Crippen LogP contribution in [0, 0.1) is 0 Å². The lowest BCUT2D eigenvalue weighted by Crippen LogP contribution is -2.17. The first-order valence-corrected chi connectivity index (χ1v) is 10.3. The summed E-state index contributed by atoms with van der Waals surface area (Å²) in [6.45, 7) is 3.60. The lowest BCUT2D eigenvalue weighted by atomic mass is 10.1. The van der Waals surface area contributed by atoms with Gasteiger partial charge in [0.05, 0.1) is 11.5 Å². The first kappa shape index (κ1) is 19.2. The molecule has 5 heteroatoms. The summed E-state index contributed by atoms with van der Waals surface area (Å²) in [6, 6.07) is 2.43. The second-order valence-electron chi connectivity index (χ2n) is 7.30. The van der Waals surface area contributed by atoms with Gasteiger partial charge in [0.25, 0.3) is 0 Å². The third-order valence-electron chi connectivity index (χ3n) is 5.00. The molecule has 1 atom stereocenters. The van der Waals surface area contributed by atoms with Gasteiger partial charge < -0.3 is 13.9 Å². The van der Waals surface area contributed by atoms with E-state index in [1.54, 1.807) is 6.20 Å². The number of furan rings is 1. The summed E-state index contributed by atoms with van der Waals surface area (Å²) >= 11 is 0. The normalized spacial score (nSPS) is 17.2. The molecule has 0 amide bonds. The van der Waals surface area contributed by atoms with E-state index in [1.165, 1.54) is 51.4 Å². The van der Waals surface area contributed by atoms with Gasteiger partial charge >= 0.3 is 6.01 Å². The Morgan fingerprint density at radius 3 is 2.69 bits per heavy atom. The van der Waals surface area contributed by atoms with Crippen molar-refractivity contribution in [2.24, 2.45) is 0 Å². The molecule has 1 fully saturated rings. The van der Waals surface area contributed by atoms with E-state index in [9.17, 15) is 0 Å². The Morgan fingerprint density at radius 2 is 1.92 bits per heavy atom. The lowest BCUT2D eigenvalue weighted by molar-refractivity contribution is 0.0646. The van der Waals surface area contributed by atoms with Crippen molar-refractivity contribution in [1.29, 1.82) is 0 Å². The van der Waals surface area contributed by atoms with Crippen molar-refractivity contribution in [1.82, 2.24) is 9.97 Å². The van der Waals surface area contributed by atoms with Crippen molar-refractivity contribution in [3.63, 3.8) is 0 Å². The fraction of sp³-hybridized carbons (Fsp3) is 0.714. The molecule has 0 aromatic carbocycles. The first-order valence-electron chi connectivity index (χ1n) is 10.3. The Bertz CT molecular complexity index is 650. The van der Waals surface area contributed by atoms with Gasteiger partial charge in [-0.1, -0.05) is 51.9 Å². The molecule has 1 saturated heterocycles. The molecule has 1 aliphatic rings. The van der Waals surface area contributed by atoms with Crippen molar-refractivity contribution in [2.45, 2.75) is 83.7 Å². The van der Waals surface area contributed by atoms with Gasteiger partial charge in [0, 0.05) is 19.2 Å². The minimum absolute atomic E-state index is 0.170. The maximum Gasteiger partial charge on any atom is 0.319 e. The molecule has 3 rings (SSSR count). The Hall–Kier alpha value is -1.62. The van der Waals surface area contributed by atoms with Gasteiger partial charge in [-0.05, 0) is 25.3 Å². The van der Waals surface area contributed by atoms with Crippen LogP contribution in [-0.2, 0) is 11.2 Å². The molecule has 0 bridgehead atoms. The highest BCUT2D eigenvalue weighted by Crippen LogP contribution is 2.21. The molecule has 0 aliphatic carbocycles. The van der Waals surface area contributed by atoms with Gasteiger partial charge in [-0.2, -0.15) is 4.98 Å². The number of aryl methyl sites for hydroxylation is 1. The fourth-order valence-electron chi connectivity index (χ4n) is 3.44. The summed E-state index contributed by atoms with van der Waals surface area (Å²) in [7, 11) is 0. The number of ether oxygens (including phenoxy) is 2. The summed E-state index contributed by atoms with van der Waals surface area (Å²) in [5, 5.41) is 0.948. The van der Waals surface area contributed by atoms with Crippen LogP contribution in [0.4, 0.5) is 0 Å². The molecule has 2 aromatic rings. The number of nitrogens with zero attached hydrogens (tertiary/aromatic N) is 2. The van der Waals surface area contributed by atoms with Crippen LogP contribution in [0.5, 0.6) is 6.01 Å². The highest BCUT2D eigenvalue weighted by Gasteiger charge is 2.17. The number of hydrogen-bond donors (Lipinski definition) is 0. The van der Waals surface area contributed by atoms with Crippen LogP contribution in [0.3, 0.4) is 0 Å². The maximum absolute atomic E-state index is 5.88. The third-order valence-corrected chi connectivity index (χ3v) is 5.00. The molecule has 0 spiro atoms. The van der Waals surface area contributed by atoms with Crippen molar-refractivity contribution in [3.8, 4) is 6.01 Å².